The number of anilines is 2. The zero-order chi connectivity index (χ0) is 27.6. The molecule has 0 bridgehead atoms. The molecule has 0 saturated carbocycles. The number of carbonyl (C=O) groups is 2. The number of hydrogen-bond acceptors (Lipinski definition) is 6. The monoisotopic (exact) mass is 536 g/mol. The molecular weight excluding hydrogens is 508 g/mol. The van der Waals surface area contributed by atoms with Crippen LogP contribution < -0.4 is 20.1 Å². The van der Waals surface area contributed by atoms with Gasteiger partial charge < -0.3 is 18.9 Å². The number of amides is 2. The van der Waals surface area contributed by atoms with Gasteiger partial charge in [0.15, 0.2) is 0 Å². The molecule has 202 valence electrons. The minimum absolute atomic E-state index is 0.0714. The van der Waals surface area contributed by atoms with Crippen molar-refractivity contribution in [2.24, 2.45) is 0 Å². The molecule has 40 heavy (non-hydrogen) atoms. The summed E-state index contributed by atoms with van der Waals surface area (Å²) >= 11 is 0. The van der Waals surface area contributed by atoms with Crippen molar-refractivity contribution < 1.29 is 28.5 Å². The number of carbonyl (C=O) groups excluding carboxylic acids is 2. The summed E-state index contributed by atoms with van der Waals surface area (Å²) in [7, 11) is 0. The number of hydrogen-bond donors (Lipinski definition) is 2. The Hall–Kier alpha value is -5.24. The van der Waals surface area contributed by atoms with Crippen LogP contribution in [-0.4, -0.2) is 38.6 Å². The third-order valence-corrected chi connectivity index (χ3v) is 6.00. The molecular formula is C32H28N2O6. The summed E-state index contributed by atoms with van der Waals surface area (Å²) in [6.45, 7) is 0.478. The van der Waals surface area contributed by atoms with E-state index in [4.69, 9.17) is 18.9 Å². The zero-order valence-electron chi connectivity index (χ0n) is 21.7. The van der Waals surface area contributed by atoms with Gasteiger partial charge in [0.05, 0.1) is 0 Å². The van der Waals surface area contributed by atoms with Crippen LogP contribution in [0.1, 0.15) is 0 Å². The molecule has 0 heterocycles. The molecule has 2 N–H and O–H groups in total. The van der Waals surface area contributed by atoms with E-state index in [1.54, 1.807) is 24.3 Å². The summed E-state index contributed by atoms with van der Waals surface area (Å²) < 4.78 is 22.9. The Kier molecular flexibility index (Phi) is 8.58. The Morgan fingerprint density at radius 2 is 0.775 bits per heavy atom. The molecule has 0 radical (unpaired) electrons. The van der Waals surface area contributed by atoms with Crippen molar-refractivity contribution in [1.29, 1.82) is 0 Å². The van der Waals surface area contributed by atoms with Gasteiger partial charge in [-0.2, -0.15) is 0 Å². The van der Waals surface area contributed by atoms with Crippen molar-refractivity contribution in [2.45, 2.75) is 0 Å². The second-order valence-corrected chi connectivity index (χ2v) is 8.70. The van der Waals surface area contributed by atoms with Gasteiger partial charge in [0.25, 0.3) is 0 Å². The van der Waals surface area contributed by atoms with Gasteiger partial charge in [0.2, 0.25) is 0 Å². The quantitative estimate of drug-likeness (QED) is 0.144. The number of fused-ring (bicyclic) bond motifs is 2. The Bertz CT molecular complexity index is 1420. The van der Waals surface area contributed by atoms with Gasteiger partial charge in [0, 0.05) is 32.9 Å². The molecule has 0 aliphatic carbocycles. The molecule has 8 nitrogen and oxygen atoms in total. The van der Waals surface area contributed by atoms with E-state index in [0.29, 0.717) is 22.9 Å². The van der Waals surface area contributed by atoms with E-state index in [2.05, 4.69) is 10.6 Å². The van der Waals surface area contributed by atoms with Gasteiger partial charge in [-0.15, -0.1) is 0 Å². The average Bonchev–Trinajstić information content (AvgIpc) is 2.99. The first-order chi connectivity index (χ1) is 19.7. The normalized spacial score (nSPS) is 10.6. The first kappa shape index (κ1) is 26.4. The van der Waals surface area contributed by atoms with Gasteiger partial charge in [-0.1, -0.05) is 84.9 Å². The summed E-state index contributed by atoms with van der Waals surface area (Å²) in [5.41, 5.74) is 1.31. The highest BCUT2D eigenvalue weighted by molar-refractivity contribution is 6.11. The Morgan fingerprint density at radius 1 is 0.450 bits per heavy atom. The van der Waals surface area contributed by atoms with Crippen molar-refractivity contribution in [3.05, 3.63) is 109 Å². The van der Waals surface area contributed by atoms with Crippen LogP contribution in [0.15, 0.2) is 109 Å². The van der Waals surface area contributed by atoms with Crippen molar-refractivity contribution in [1.82, 2.24) is 0 Å². The topological polar surface area (TPSA) is 95.1 Å². The first-order valence-corrected chi connectivity index (χ1v) is 12.9. The van der Waals surface area contributed by atoms with Gasteiger partial charge in [-0.05, 0) is 24.3 Å². The van der Waals surface area contributed by atoms with Crippen LogP contribution in [0.5, 0.6) is 11.5 Å². The molecule has 0 aliphatic heterocycles. The van der Waals surface area contributed by atoms with E-state index in [-0.39, 0.29) is 26.4 Å². The van der Waals surface area contributed by atoms with Crippen LogP contribution in [-0.2, 0) is 9.47 Å². The highest BCUT2D eigenvalue weighted by Crippen LogP contribution is 2.42. The molecule has 8 heteroatoms. The summed E-state index contributed by atoms with van der Waals surface area (Å²) in [5, 5.41) is 8.78. The molecule has 0 aliphatic rings. The largest absolute Gasteiger partial charge is 0.489 e. The number of benzene rings is 5. The lowest BCUT2D eigenvalue weighted by Gasteiger charge is -2.18. The lowest BCUT2D eigenvalue weighted by atomic mass is 10.0. The predicted octanol–water partition coefficient (Wildman–Crippen LogP) is 7.25. The van der Waals surface area contributed by atoms with E-state index in [1.165, 1.54) is 0 Å². The maximum absolute atomic E-state index is 12.1. The fourth-order valence-electron chi connectivity index (χ4n) is 4.27. The van der Waals surface area contributed by atoms with E-state index in [1.807, 2.05) is 84.9 Å². The molecule has 0 saturated heterocycles. The SMILES string of the molecule is O=C(Nc1ccccc1)OCCOc1c2ccccc2c(OCCOC(=O)Nc2ccccc2)c2ccccc12. The van der Waals surface area contributed by atoms with Crippen LogP contribution in [0.3, 0.4) is 0 Å². The van der Waals surface area contributed by atoms with Gasteiger partial charge in [-0.25, -0.2) is 9.59 Å². The van der Waals surface area contributed by atoms with Gasteiger partial charge in [0.1, 0.15) is 37.9 Å². The zero-order valence-corrected chi connectivity index (χ0v) is 21.7. The Morgan fingerprint density at radius 3 is 1.12 bits per heavy atom. The van der Waals surface area contributed by atoms with E-state index >= 15 is 0 Å². The summed E-state index contributed by atoms with van der Waals surface area (Å²) in [5.74, 6) is 1.34. The van der Waals surface area contributed by atoms with Crippen molar-refractivity contribution in [3.8, 4) is 11.5 Å². The minimum atomic E-state index is -0.548. The molecule has 2 amide bonds. The van der Waals surface area contributed by atoms with Crippen LogP contribution in [0.25, 0.3) is 21.5 Å². The summed E-state index contributed by atoms with van der Waals surface area (Å²) in [6.07, 6.45) is -1.10. The molecule has 0 aromatic heterocycles. The maximum atomic E-state index is 12.1. The van der Waals surface area contributed by atoms with Gasteiger partial charge in [-0.3, -0.25) is 10.6 Å². The van der Waals surface area contributed by atoms with Crippen molar-refractivity contribution >= 4 is 45.1 Å². The van der Waals surface area contributed by atoms with Crippen LogP contribution >= 0.6 is 0 Å². The molecule has 0 fully saturated rings. The highest BCUT2D eigenvalue weighted by Gasteiger charge is 2.16. The van der Waals surface area contributed by atoms with Crippen molar-refractivity contribution in [2.75, 3.05) is 37.1 Å². The van der Waals surface area contributed by atoms with Crippen LogP contribution in [0, 0.1) is 0 Å². The Labute approximate surface area is 231 Å². The Balaban J connectivity index is 1.24. The number of nitrogens with one attached hydrogen (secondary N) is 2. The van der Waals surface area contributed by atoms with Gasteiger partial charge >= 0.3 is 12.2 Å². The molecule has 5 aromatic carbocycles. The average molecular weight is 537 g/mol. The third kappa shape index (κ3) is 6.60. The maximum Gasteiger partial charge on any atom is 0.411 e. The van der Waals surface area contributed by atoms with Crippen molar-refractivity contribution in [3.63, 3.8) is 0 Å². The standard InChI is InChI=1S/C32H28N2O6/c35-31(33-23-11-3-1-4-12-23)39-21-19-37-29-25-15-7-9-17-27(25)30(28-18-10-8-16-26(28)29)38-20-22-40-32(36)34-24-13-5-2-6-14-24/h1-18H,19-22H2,(H,33,35)(H,34,36). The third-order valence-electron chi connectivity index (χ3n) is 6.00. The van der Waals surface area contributed by atoms with Crippen LogP contribution in [0.2, 0.25) is 0 Å². The number of rotatable bonds is 10. The molecule has 5 aromatic rings. The predicted molar refractivity (Wildman–Crippen MR) is 155 cm³/mol. The summed E-state index contributed by atoms with van der Waals surface area (Å²) in [6, 6.07) is 33.7. The second kappa shape index (κ2) is 13.0. The van der Waals surface area contributed by atoms with Crippen LogP contribution in [0.4, 0.5) is 21.0 Å². The smallest absolute Gasteiger partial charge is 0.411 e. The fraction of sp³-hybridized carbons (Fsp3) is 0.125. The highest BCUT2D eigenvalue weighted by atomic mass is 16.6. The van der Waals surface area contributed by atoms with E-state index in [9.17, 15) is 9.59 Å². The summed E-state index contributed by atoms with van der Waals surface area (Å²) in [4.78, 5) is 24.2. The first-order valence-electron chi connectivity index (χ1n) is 12.9. The molecule has 0 spiro atoms. The minimum Gasteiger partial charge on any atom is -0.489 e. The lowest BCUT2D eigenvalue weighted by molar-refractivity contribution is 0.137. The fourth-order valence-corrected chi connectivity index (χ4v) is 4.27. The van der Waals surface area contributed by atoms with E-state index < -0.39 is 12.2 Å². The molecule has 5 rings (SSSR count). The van der Waals surface area contributed by atoms with E-state index in [0.717, 1.165) is 21.5 Å². The number of para-hydroxylation sites is 2. The second-order valence-electron chi connectivity index (χ2n) is 8.70. The lowest BCUT2D eigenvalue weighted by Crippen LogP contribution is -2.18. The number of ether oxygens (including phenoxy) is 4. The molecule has 0 atom stereocenters. The molecule has 0 unspecified atom stereocenters.